The highest BCUT2D eigenvalue weighted by molar-refractivity contribution is 8.08. The lowest BCUT2D eigenvalue weighted by atomic mass is 10.0. The van der Waals surface area contributed by atoms with E-state index in [0.717, 1.165) is 81.5 Å². The van der Waals surface area contributed by atoms with Gasteiger partial charge >= 0.3 is 12.2 Å². The van der Waals surface area contributed by atoms with Crippen molar-refractivity contribution in [2.45, 2.75) is 94.6 Å². The fourth-order valence-electron chi connectivity index (χ4n) is 7.46. The van der Waals surface area contributed by atoms with Gasteiger partial charge in [0, 0.05) is 18.7 Å². The number of likely N-dealkylation sites (tertiary alicyclic amines) is 2. The third-order valence-corrected chi connectivity index (χ3v) is 11.5. The van der Waals surface area contributed by atoms with Crippen LogP contribution in [-0.4, -0.2) is 71.1 Å². The number of imidazole rings is 2. The Morgan fingerprint density at radius 3 is 2.35 bits per heavy atom. The monoisotopic (exact) mass is 718 g/mol. The zero-order chi connectivity index (χ0) is 36.4. The number of carbonyl (C=O) groups excluding carboxylic acids is 2. The number of aromatic nitrogens is 4. The standard InChI is InChI=1S/C41H46N6O4S/c1-39(2,3)50-37(48)46-19-7-9-33(46)35-42-24-32(45-35)29-16-15-27-21-25(12-14-28(27)23-29)10-11-26-13-17-30-31(22-26)44-36(43-30)34-41(52-34)18-8-20-47(41)38(49)51-40(4,5)6/h10-17,21-24,33-34H,7-9,18-20H2,1-6H3,(H,42,45)(H,43,44)/b11-10+/t33-,34?,41-/m0/s1. The van der Waals surface area contributed by atoms with E-state index in [4.69, 9.17) is 14.5 Å². The summed E-state index contributed by atoms with van der Waals surface area (Å²) in [4.78, 5) is 45.9. The molecule has 10 nitrogen and oxygen atoms in total. The first-order valence-corrected chi connectivity index (χ1v) is 19.1. The van der Waals surface area contributed by atoms with E-state index < -0.39 is 11.2 Å². The maximum absolute atomic E-state index is 13.0. The van der Waals surface area contributed by atoms with Crippen molar-refractivity contribution in [2.75, 3.05) is 13.1 Å². The van der Waals surface area contributed by atoms with Crippen LogP contribution in [0.25, 0.3) is 45.2 Å². The number of thioether (sulfide) groups is 1. The molecule has 0 bridgehead atoms. The Hall–Kier alpha value is -4.77. The second kappa shape index (κ2) is 12.7. The summed E-state index contributed by atoms with van der Waals surface area (Å²) in [5.74, 6) is 1.70. The van der Waals surface area contributed by atoms with Crippen LogP contribution in [0.1, 0.15) is 101 Å². The number of fused-ring (bicyclic) bond motifs is 2. The van der Waals surface area contributed by atoms with E-state index in [-0.39, 0.29) is 28.3 Å². The highest BCUT2D eigenvalue weighted by Gasteiger charge is 2.65. The summed E-state index contributed by atoms with van der Waals surface area (Å²) < 4.78 is 11.4. The molecule has 3 atom stereocenters. The average Bonchev–Trinajstić information content (AvgIpc) is 3.64. The SMILES string of the molecule is CC(C)(C)OC(=O)N1CCC[C@H]1c1ncc(-c2ccc3cc(/C=C/c4ccc5nc(C6S[C@@]67CCCN7C(=O)OC(C)(C)C)[nH]c5c4)ccc3c2)[nH]1. The Kier molecular flexibility index (Phi) is 8.40. The smallest absolute Gasteiger partial charge is 0.411 e. The number of rotatable bonds is 5. The molecule has 5 aromatic rings. The van der Waals surface area contributed by atoms with Crippen LogP contribution in [0.5, 0.6) is 0 Å². The van der Waals surface area contributed by atoms with Crippen LogP contribution >= 0.6 is 11.8 Å². The Labute approximate surface area is 308 Å². The number of aromatic amines is 2. The maximum atomic E-state index is 13.0. The summed E-state index contributed by atoms with van der Waals surface area (Å²) in [7, 11) is 0. The minimum Gasteiger partial charge on any atom is -0.444 e. The van der Waals surface area contributed by atoms with Gasteiger partial charge < -0.3 is 19.4 Å². The van der Waals surface area contributed by atoms with E-state index >= 15 is 0 Å². The largest absolute Gasteiger partial charge is 0.444 e. The lowest BCUT2D eigenvalue weighted by molar-refractivity contribution is 0.0209. The molecule has 2 N–H and O–H groups in total. The molecule has 0 aliphatic carbocycles. The summed E-state index contributed by atoms with van der Waals surface area (Å²) in [6.45, 7) is 12.8. The first-order valence-electron chi connectivity index (χ1n) is 18.2. The zero-order valence-electron chi connectivity index (χ0n) is 30.7. The average molecular weight is 719 g/mol. The quantitative estimate of drug-likeness (QED) is 0.137. The molecule has 5 heterocycles. The van der Waals surface area contributed by atoms with Crippen molar-refractivity contribution in [2.24, 2.45) is 0 Å². The number of hydrogen-bond acceptors (Lipinski definition) is 7. The van der Waals surface area contributed by atoms with Crippen molar-refractivity contribution >= 4 is 57.9 Å². The lowest BCUT2D eigenvalue weighted by Gasteiger charge is -2.28. The summed E-state index contributed by atoms with van der Waals surface area (Å²) in [5.41, 5.74) is 5.01. The molecule has 11 heteroatoms. The first kappa shape index (κ1) is 34.3. The van der Waals surface area contributed by atoms with Gasteiger partial charge in [0.2, 0.25) is 0 Å². The van der Waals surface area contributed by atoms with E-state index in [2.05, 4.69) is 81.7 Å². The molecular weight excluding hydrogens is 673 g/mol. The predicted molar refractivity (Wildman–Crippen MR) is 207 cm³/mol. The van der Waals surface area contributed by atoms with E-state index in [1.54, 1.807) is 16.7 Å². The zero-order valence-corrected chi connectivity index (χ0v) is 31.5. The Morgan fingerprint density at radius 2 is 1.56 bits per heavy atom. The number of nitrogens with one attached hydrogen (secondary N) is 2. The number of H-pyrrole nitrogens is 2. The number of amides is 2. The van der Waals surface area contributed by atoms with E-state index in [1.807, 2.05) is 52.6 Å². The number of hydrogen-bond donors (Lipinski definition) is 2. The summed E-state index contributed by atoms with van der Waals surface area (Å²) in [6.07, 6.45) is 9.27. The van der Waals surface area contributed by atoms with Gasteiger partial charge in [-0.05, 0) is 113 Å². The second-order valence-corrected chi connectivity index (χ2v) is 17.6. The molecule has 1 spiro atoms. The molecule has 3 aliphatic heterocycles. The van der Waals surface area contributed by atoms with E-state index in [1.165, 1.54) is 0 Å². The minimum absolute atomic E-state index is 0.115. The summed E-state index contributed by atoms with van der Waals surface area (Å²) >= 11 is 1.79. The highest BCUT2D eigenvalue weighted by Crippen LogP contribution is 2.70. The topological polar surface area (TPSA) is 116 Å². The van der Waals surface area contributed by atoms with E-state index in [0.29, 0.717) is 13.1 Å². The molecule has 0 radical (unpaired) electrons. The second-order valence-electron chi connectivity index (χ2n) is 16.1. The van der Waals surface area contributed by atoms with Gasteiger partial charge in [0.05, 0.1) is 34.2 Å². The Morgan fingerprint density at radius 1 is 0.846 bits per heavy atom. The Bertz CT molecular complexity index is 2210. The molecule has 3 aliphatic rings. The van der Waals surface area contributed by atoms with Crippen LogP contribution in [-0.2, 0) is 9.47 Å². The normalized spacial score (nSPS) is 22.0. The molecule has 2 aromatic heterocycles. The van der Waals surface area contributed by atoms with Crippen LogP contribution in [0.15, 0.2) is 60.8 Å². The van der Waals surface area contributed by atoms with Crippen molar-refractivity contribution in [1.29, 1.82) is 0 Å². The first-order chi connectivity index (χ1) is 24.7. The van der Waals surface area contributed by atoms with Crippen molar-refractivity contribution in [3.05, 3.63) is 83.6 Å². The number of ether oxygens (including phenoxy) is 2. The van der Waals surface area contributed by atoms with E-state index in [9.17, 15) is 9.59 Å². The third-order valence-electron chi connectivity index (χ3n) is 9.87. The van der Waals surface area contributed by atoms with Gasteiger partial charge in [-0.1, -0.05) is 42.5 Å². The molecule has 2 amide bonds. The van der Waals surface area contributed by atoms with Crippen LogP contribution < -0.4 is 0 Å². The number of carbonyl (C=O) groups is 2. The van der Waals surface area contributed by atoms with Gasteiger partial charge in [-0.25, -0.2) is 19.6 Å². The molecule has 3 aromatic carbocycles. The summed E-state index contributed by atoms with van der Waals surface area (Å²) in [5, 5.41) is 2.40. The fourth-order valence-corrected chi connectivity index (χ4v) is 8.93. The van der Waals surface area contributed by atoms with Crippen molar-refractivity contribution in [1.82, 2.24) is 29.7 Å². The van der Waals surface area contributed by atoms with Crippen LogP contribution in [0.3, 0.4) is 0 Å². The highest BCUT2D eigenvalue weighted by atomic mass is 32.2. The fraction of sp³-hybridized carbons (Fsp3) is 0.415. The molecule has 3 saturated heterocycles. The Balaban J connectivity index is 0.943. The molecule has 52 heavy (non-hydrogen) atoms. The van der Waals surface area contributed by atoms with Crippen LogP contribution in [0.2, 0.25) is 0 Å². The minimum atomic E-state index is -0.539. The van der Waals surface area contributed by atoms with Gasteiger partial charge in [-0.3, -0.25) is 9.80 Å². The van der Waals surface area contributed by atoms with Crippen LogP contribution in [0, 0.1) is 0 Å². The van der Waals surface area contributed by atoms with Crippen molar-refractivity contribution in [3.8, 4) is 11.3 Å². The molecule has 1 unspecified atom stereocenters. The third kappa shape index (κ3) is 6.78. The van der Waals surface area contributed by atoms with Crippen molar-refractivity contribution < 1.29 is 19.1 Å². The molecule has 3 fully saturated rings. The molecule has 8 rings (SSSR count). The number of benzene rings is 3. The molecule has 270 valence electrons. The van der Waals surface area contributed by atoms with Gasteiger partial charge in [0.25, 0.3) is 0 Å². The van der Waals surface area contributed by atoms with Gasteiger partial charge in [0.15, 0.2) is 0 Å². The van der Waals surface area contributed by atoms with Crippen LogP contribution in [0.4, 0.5) is 9.59 Å². The number of nitrogens with zero attached hydrogens (tertiary/aromatic N) is 4. The van der Waals surface area contributed by atoms with Gasteiger partial charge in [0.1, 0.15) is 27.7 Å². The van der Waals surface area contributed by atoms with Crippen molar-refractivity contribution in [3.63, 3.8) is 0 Å². The molecule has 0 saturated carbocycles. The predicted octanol–water partition coefficient (Wildman–Crippen LogP) is 9.86. The molecular formula is C41H46N6O4S. The lowest BCUT2D eigenvalue weighted by Crippen LogP contribution is -2.41. The van der Waals surface area contributed by atoms with Gasteiger partial charge in [-0.15, -0.1) is 11.8 Å². The summed E-state index contributed by atoms with van der Waals surface area (Å²) in [6, 6.07) is 19.1. The maximum Gasteiger partial charge on any atom is 0.411 e. The van der Waals surface area contributed by atoms with Gasteiger partial charge in [-0.2, -0.15) is 0 Å².